The number of aryl methyl sites for hydroxylation is 1. The molecular formula is C25H27NO6. The predicted octanol–water partition coefficient (Wildman–Crippen LogP) is 3.56. The van der Waals surface area contributed by atoms with Crippen LogP contribution in [0.5, 0.6) is 11.5 Å². The van der Waals surface area contributed by atoms with Crippen LogP contribution in [0.1, 0.15) is 42.5 Å². The molecule has 0 aromatic heterocycles. The summed E-state index contributed by atoms with van der Waals surface area (Å²) >= 11 is 0. The molecule has 2 aromatic carbocycles. The maximum Gasteiger partial charge on any atom is 0.295 e. The first kappa shape index (κ1) is 21.9. The minimum absolute atomic E-state index is 0.00168. The van der Waals surface area contributed by atoms with E-state index in [2.05, 4.69) is 0 Å². The van der Waals surface area contributed by atoms with E-state index in [1.807, 2.05) is 19.1 Å². The summed E-state index contributed by atoms with van der Waals surface area (Å²) in [6, 6.07) is 11.1. The summed E-state index contributed by atoms with van der Waals surface area (Å²) < 4.78 is 10.8. The third kappa shape index (κ3) is 3.96. The number of aliphatic hydroxyl groups is 1. The fraction of sp³-hybridized carbons (Fsp3) is 0.360. The number of rotatable bonds is 6. The summed E-state index contributed by atoms with van der Waals surface area (Å²) in [5, 5.41) is 21.5. The normalized spacial score (nSPS) is 22.5. The zero-order valence-electron chi connectivity index (χ0n) is 18.2. The Bertz CT molecular complexity index is 1050. The van der Waals surface area contributed by atoms with E-state index < -0.39 is 17.7 Å². The number of amides is 1. The van der Waals surface area contributed by atoms with E-state index in [-0.39, 0.29) is 35.5 Å². The number of carbonyl (C=O) groups is 2. The Balaban J connectivity index is 1.82. The Hall–Kier alpha value is -3.32. The number of benzene rings is 2. The molecule has 168 valence electrons. The van der Waals surface area contributed by atoms with Crippen molar-refractivity contribution in [2.45, 2.75) is 38.3 Å². The molecule has 2 atom stereocenters. The van der Waals surface area contributed by atoms with Crippen molar-refractivity contribution in [1.82, 2.24) is 4.90 Å². The molecule has 0 radical (unpaired) electrons. The quantitative estimate of drug-likeness (QED) is 0.408. The van der Waals surface area contributed by atoms with Crippen LogP contribution in [0.3, 0.4) is 0 Å². The molecule has 2 heterocycles. The lowest BCUT2D eigenvalue weighted by Crippen LogP contribution is -2.36. The molecule has 0 aliphatic carbocycles. The minimum atomic E-state index is -0.846. The van der Waals surface area contributed by atoms with Crippen molar-refractivity contribution in [2.75, 3.05) is 20.3 Å². The van der Waals surface area contributed by atoms with Gasteiger partial charge in [-0.1, -0.05) is 37.3 Å². The Kier molecular flexibility index (Phi) is 6.19. The molecule has 2 fully saturated rings. The number of phenolic OH excluding ortho intramolecular Hbond substituents is 1. The summed E-state index contributed by atoms with van der Waals surface area (Å²) in [5.74, 6) is -1.51. The van der Waals surface area contributed by atoms with Crippen LogP contribution in [0.25, 0.3) is 5.76 Å². The maximum absolute atomic E-state index is 13.1. The number of ether oxygens (including phenoxy) is 2. The Morgan fingerprint density at radius 2 is 1.94 bits per heavy atom. The number of aromatic hydroxyl groups is 1. The molecule has 2 unspecified atom stereocenters. The van der Waals surface area contributed by atoms with E-state index in [9.17, 15) is 19.8 Å². The number of likely N-dealkylation sites (tertiary alicyclic amines) is 1. The molecule has 7 heteroatoms. The molecule has 0 bridgehead atoms. The monoisotopic (exact) mass is 437 g/mol. The van der Waals surface area contributed by atoms with E-state index in [1.165, 1.54) is 18.1 Å². The largest absolute Gasteiger partial charge is 0.507 e. The Morgan fingerprint density at radius 1 is 1.19 bits per heavy atom. The van der Waals surface area contributed by atoms with E-state index in [4.69, 9.17) is 9.47 Å². The Morgan fingerprint density at radius 3 is 2.53 bits per heavy atom. The van der Waals surface area contributed by atoms with Crippen molar-refractivity contribution < 1.29 is 29.3 Å². The molecular weight excluding hydrogens is 410 g/mol. The number of ketones is 1. The summed E-state index contributed by atoms with van der Waals surface area (Å²) in [5.41, 5.74) is 2.06. The number of phenols is 1. The van der Waals surface area contributed by atoms with Gasteiger partial charge in [0.25, 0.3) is 11.7 Å². The third-order valence-electron chi connectivity index (χ3n) is 6.12. The summed E-state index contributed by atoms with van der Waals surface area (Å²) in [6.45, 7) is 2.88. The van der Waals surface area contributed by atoms with Crippen molar-refractivity contribution in [3.63, 3.8) is 0 Å². The van der Waals surface area contributed by atoms with E-state index >= 15 is 0 Å². The average Bonchev–Trinajstić information content (AvgIpc) is 3.41. The van der Waals surface area contributed by atoms with Crippen LogP contribution in [-0.2, 0) is 20.7 Å². The van der Waals surface area contributed by atoms with Gasteiger partial charge < -0.3 is 24.6 Å². The fourth-order valence-electron chi connectivity index (χ4n) is 4.35. The zero-order chi connectivity index (χ0) is 22.8. The average molecular weight is 437 g/mol. The number of nitrogens with zero attached hydrogens (tertiary/aromatic N) is 1. The molecule has 2 aliphatic heterocycles. The van der Waals surface area contributed by atoms with Gasteiger partial charge in [0, 0.05) is 18.7 Å². The predicted molar refractivity (Wildman–Crippen MR) is 118 cm³/mol. The highest BCUT2D eigenvalue weighted by Crippen LogP contribution is 2.42. The van der Waals surface area contributed by atoms with Crippen LogP contribution < -0.4 is 4.74 Å². The van der Waals surface area contributed by atoms with Crippen molar-refractivity contribution in [3.8, 4) is 11.5 Å². The van der Waals surface area contributed by atoms with Gasteiger partial charge in [-0.15, -0.1) is 0 Å². The number of carbonyl (C=O) groups excluding carboxylic acids is 2. The lowest BCUT2D eigenvalue weighted by atomic mass is 9.94. The number of Topliss-reactive ketones (excluding diaryl/α,β-unsaturated/α-hetero) is 1. The molecule has 2 N–H and O–H groups in total. The van der Waals surface area contributed by atoms with E-state index in [0.717, 1.165) is 24.8 Å². The van der Waals surface area contributed by atoms with Crippen molar-refractivity contribution in [3.05, 3.63) is 64.7 Å². The van der Waals surface area contributed by atoms with Gasteiger partial charge in [0.15, 0.2) is 11.5 Å². The van der Waals surface area contributed by atoms with E-state index in [0.29, 0.717) is 17.7 Å². The zero-order valence-corrected chi connectivity index (χ0v) is 18.2. The van der Waals surface area contributed by atoms with Crippen LogP contribution in [0, 0.1) is 0 Å². The first-order valence-corrected chi connectivity index (χ1v) is 10.8. The van der Waals surface area contributed by atoms with Crippen LogP contribution in [0.4, 0.5) is 0 Å². The molecule has 2 aliphatic rings. The van der Waals surface area contributed by atoms with Gasteiger partial charge in [0.05, 0.1) is 24.8 Å². The van der Waals surface area contributed by atoms with Gasteiger partial charge >= 0.3 is 0 Å². The number of methoxy groups -OCH3 is 1. The molecule has 7 nitrogen and oxygen atoms in total. The maximum atomic E-state index is 13.1. The van der Waals surface area contributed by atoms with Gasteiger partial charge in [-0.25, -0.2) is 0 Å². The topological polar surface area (TPSA) is 96.3 Å². The second-order valence-electron chi connectivity index (χ2n) is 8.07. The standard InChI is InChI=1S/C25H27NO6/c1-3-15-6-8-16(9-7-15)23(28)21-22(17-10-11-20(31-2)19(27)13-17)26(25(30)24(21)29)14-18-5-4-12-32-18/h6-11,13,18,22,27-28H,3-5,12,14H2,1-2H3/b23-21-. The second kappa shape index (κ2) is 9.04. The molecule has 1 amide bonds. The summed E-state index contributed by atoms with van der Waals surface area (Å²) in [7, 11) is 1.44. The highest BCUT2D eigenvalue weighted by atomic mass is 16.5. The lowest BCUT2D eigenvalue weighted by molar-refractivity contribution is -0.140. The van der Waals surface area contributed by atoms with Gasteiger partial charge in [0.1, 0.15) is 5.76 Å². The van der Waals surface area contributed by atoms with Gasteiger partial charge in [-0.3, -0.25) is 9.59 Å². The number of hydrogen-bond acceptors (Lipinski definition) is 6. The number of aliphatic hydroxyl groups excluding tert-OH is 1. The van der Waals surface area contributed by atoms with Gasteiger partial charge in [-0.05, 0) is 42.5 Å². The fourth-order valence-corrected chi connectivity index (χ4v) is 4.35. The number of hydrogen-bond donors (Lipinski definition) is 2. The summed E-state index contributed by atoms with van der Waals surface area (Å²) in [6.07, 6.45) is 2.36. The first-order chi connectivity index (χ1) is 15.4. The highest BCUT2D eigenvalue weighted by Gasteiger charge is 2.47. The molecule has 2 saturated heterocycles. The molecule has 32 heavy (non-hydrogen) atoms. The first-order valence-electron chi connectivity index (χ1n) is 10.8. The summed E-state index contributed by atoms with van der Waals surface area (Å²) in [4.78, 5) is 27.5. The molecule has 2 aromatic rings. The van der Waals surface area contributed by atoms with Crippen molar-refractivity contribution in [2.24, 2.45) is 0 Å². The molecule has 4 rings (SSSR count). The van der Waals surface area contributed by atoms with Crippen molar-refractivity contribution in [1.29, 1.82) is 0 Å². The van der Waals surface area contributed by atoms with Crippen LogP contribution >= 0.6 is 0 Å². The third-order valence-corrected chi connectivity index (χ3v) is 6.12. The van der Waals surface area contributed by atoms with E-state index in [1.54, 1.807) is 24.3 Å². The second-order valence-corrected chi connectivity index (χ2v) is 8.07. The van der Waals surface area contributed by atoms with Crippen molar-refractivity contribution >= 4 is 17.4 Å². The SMILES string of the molecule is CCc1ccc(/C(O)=C2/C(=O)C(=O)N(CC3CCCO3)C2c2ccc(OC)c(O)c2)cc1. The molecule has 0 spiro atoms. The van der Waals surface area contributed by atoms with Crippen LogP contribution in [0.2, 0.25) is 0 Å². The minimum Gasteiger partial charge on any atom is -0.507 e. The highest BCUT2D eigenvalue weighted by molar-refractivity contribution is 6.46. The van der Waals surface area contributed by atoms with Crippen LogP contribution in [0.15, 0.2) is 48.0 Å². The van der Waals surface area contributed by atoms with Crippen LogP contribution in [-0.4, -0.2) is 53.2 Å². The smallest absolute Gasteiger partial charge is 0.295 e. The van der Waals surface area contributed by atoms with Gasteiger partial charge in [-0.2, -0.15) is 0 Å². The Labute approximate surface area is 186 Å². The molecule has 0 saturated carbocycles. The lowest BCUT2D eigenvalue weighted by Gasteiger charge is -2.27. The van der Waals surface area contributed by atoms with Gasteiger partial charge in [0.2, 0.25) is 0 Å².